The Hall–Kier alpha value is -1.19. The van der Waals surface area contributed by atoms with Crippen LogP contribution in [-0.4, -0.2) is 4.98 Å². The molecule has 3 heteroatoms. The van der Waals surface area contributed by atoms with Gasteiger partial charge >= 0.3 is 0 Å². The first-order valence-electron chi connectivity index (χ1n) is 6.93. The molecule has 2 aromatic rings. The first-order valence-corrected chi connectivity index (χ1v) is 7.75. The number of hydrogen-bond acceptors (Lipinski definition) is 3. The number of nitrogens with zero attached hydrogens (tertiary/aromatic N) is 1. The minimum Gasteiger partial charge on any atom is -0.323 e. The van der Waals surface area contributed by atoms with Crippen molar-refractivity contribution in [3.63, 3.8) is 0 Å². The third-order valence-corrected chi connectivity index (χ3v) is 5.10. The van der Waals surface area contributed by atoms with Gasteiger partial charge in [-0.15, -0.1) is 11.3 Å². The van der Waals surface area contributed by atoms with E-state index in [-0.39, 0.29) is 6.04 Å². The van der Waals surface area contributed by atoms with Crippen molar-refractivity contribution in [1.82, 2.24) is 4.98 Å². The normalized spacial score (nSPS) is 15.5. The Labute approximate surface area is 118 Å². The summed E-state index contributed by atoms with van der Waals surface area (Å²) in [5.41, 5.74) is 11.9. The van der Waals surface area contributed by atoms with Gasteiger partial charge in [-0.2, -0.15) is 0 Å². The molecule has 1 aliphatic rings. The van der Waals surface area contributed by atoms with Crippen molar-refractivity contribution < 1.29 is 0 Å². The molecule has 1 heterocycles. The highest BCUT2D eigenvalue weighted by Gasteiger charge is 2.16. The molecule has 1 aromatic carbocycles. The molecule has 19 heavy (non-hydrogen) atoms. The van der Waals surface area contributed by atoms with Crippen molar-refractivity contribution in [1.29, 1.82) is 0 Å². The van der Waals surface area contributed by atoms with Gasteiger partial charge < -0.3 is 5.73 Å². The lowest BCUT2D eigenvalue weighted by molar-refractivity contribution is 0.728. The average molecular weight is 272 g/mol. The number of benzene rings is 1. The largest absolute Gasteiger partial charge is 0.323 e. The topological polar surface area (TPSA) is 38.9 Å². The van der Waals surface area contributed by atoms with Crippen LogP contribution in [0.15, 0.2) is 18.2 Å². The van der Waals surface area contributed by atoms with Gasteiger partial charge in [0.2, 0.25) is 0 Å². The lowest BCUT2D eigenvalue weighted by atomic mass is 10.0. The Balaban J connectivity index is 1.79. The Morgan fingerprint density at radius 3 is 2.79 bits per heavy atom. The molecule has 1 unspecified atom stereocenters. The van der Waals surface area contributed by atoms with E-state index in [1.807, 2.05) is 6.92 Å². The Morgan fingerprint density at radius 1 is 1.26 bits per heavy atom. The maximum Gasteiger partial charge on any atom is 0.0900 e. The van der Waals surface area contributed by atoms with Gasteiger partial charge in [0.05, 0.1) is 10.7 Å². The van der Waals surface area contributed by atoms with Crippen LogP contribution in [0.2, 0.25) is 0 Å². The van der Waals surface area contributed by atoms with Crippen molar-refractivity contribution in [3.05, 3.63) is 50.5 Å². The quantitative estimate of drug-likeness (QED) is 0.929. The number of aromatic nitrogens is 1. The Morgan fingerprint density at radius 2 is 2.05 bits per heavy atom. The van der Waals surface area contributed by atoms with Crippen LogP contribution in [0.3, 0.4) is 0 Å². The van der Waals surface area contributed by atoms with E-state index in [0.717, 1.165) is 17.1 Å². The van der Waals surface area contributed by atoms with Crippen molar-refractivity contribution in [2.24, 2.45) is 5.73 Å². The van der Waals surface area contributed by atoms with Gasteiger partial charge in [-0.3, -0.25) is 0 Å². The molecule has 0 spiro atoms. The van der Waals surface area contributed by atoms with Gasteiger partial charge in [0.25, 0.3) is 0 Å². The molecule has 0 aliphatic heterocycles. The van der Waals surface area contributed by atoms with Crippen LogP contribution in [0.25, 0.3) is 0 Å². The SMILES string of the molecule is Cc1nc(C)c(C(N)Cc2ccc3c(c2)CCC3)s1. The second kappa shape index (κ2) is 5.06. The van der Waals surface area contributed by atoms with Gasteiger partial charge in [0, 0.05) is 10.9 Å². The Bertz CT molecular complexity index is 601. The van der Waals surface area contributed by atoms with Crippen molar-refractivity contribution in [2.45, 2.75) is 45.6 Å². The van der Waals surface area contributed by atoms with Gasteiger partial charge in [-0.25, -0.2) is 4.98 Å². The summed E-state index contributed by atoms with van der Waals surface area (Å²) in [4.78, 5) is 5.70. The van der Waals surface area contributed by atoms with Crippen LogP contribution in [0.1, 0.15) is 44.7 Å². The van der Waals surface area contributed by atoms with E-state index in [9.17, 15) is 0 Å². The smallest absolute Gasteiger partial charge is 0.0900 e. The monoisotopic (exact) mass is 272 g/mol. The average Bonchev–Trinajstić information content (AvgIpc) is 2.94. The molecule has 100 valence electrons. The van der Waals surface area contributed by atoms with Gasteiger partial charge in [0.15, 0.2) is 0 Å². The fourth-order valence-corrected chi connectivity index (χ4v) is 3.92. The molecule has 0 fully saturated rings. The molecular weight excluding hydrogens is 252 g/mol. The van der Waals surface area contributed by atoms with Crippen LogP contribution in [0.4, 0.5) is 0 Å². The molecule has 3 rings (SSSR count). The number of rotatable bonds is 3. The second-order valence-electron chi connectivity index (χ2n) is 5.45. The fraction of sp³-hybridized carbons (Fsp3) is 0.438. The maximum absolute atomic E-state index is 6.36. The van der Waals surface area contributed by atoms with Crippen molar-refractivity contribution in [3.8, 4) is 0 Å². The predicted molar refractivity (Wildman–Crippen MR) is 80.7 cm³/mol. The summed E-state index contributed by atoms with van der Waals surface area (Å²) in [6.45, 7) is 4.10. The molecule has 1 atom stereocenters. The summed E-state index contributed by atoms with van der Waals surface area (Å²) >= 11 is 1.73. The summed E-state index contributed by atoms with van der Waals surface area (Å²) in [6.07, 6.45) is 4.69. The number of thiazole rings is 1. The molecular formula is C16H20N2S. The number of hydrogen-bond donors (Lipinski definition) is 1. The molecule has 2 nitrogen and oxygen atoms in total. The number of nitrogens with two attached hydrogens (primary N) is 1. The van der Waals surface area contributed by atoms with E-state index in [1.54, 1.807) is 11.3 Å². The van der Waals surface area contributed by atoms with E-state index in [1.165, 1.54) is 40.8 Å². The standard InChI is InChI=1S/C16H20N2S/c1-10-16(19-11(2)18-10)15(17)9-12-6-7-13-4-3-5-14(13)8-12/h6-8,15H,3-5,9,17H2,1-2H3. The highest BCUT2D eigenvalue weighted by Crippen LogP contribution is 2.28. The minimum absolute atomic E-state index is 0.0747. The van der Waals surface area contributed by atoms with E-state index in [2.05, 4.69) is 30.1 Å². The summed E-state index contributed by atoms with van der Waals surface area (Å²) in [5, 5.41) is 1.11. The van der Waals surface area contributed by atoms with Crippen LogP contribution in [0.5, 0.6) is 0 Å². The zero-order chi connectivity index (χ0) is 13.4. The van der Waals surface area contributed by atoms with Crippen LogP contribution in [0, 0.1) is 13.8 Å². The molecule has 0 saturated carbocycles. The van der Waals surface area contributed by atoms with E-state index in [4.69, 9.17) is 5.73 Å². The van der Waals surface area contributed by atoms with E-state index >= 15 is 0 Å². The van der Waals surface area contributed by atoms with E-state index in [0.29, 0.717) is 0 Å². The Kier molecular flexibility index (Phi) is 3.42. The second-order valence-corrected chi connectivity index (χ2v) is 6.68. The number of aryl methyl sites for hydroxylation is 4. The van der Waals surface area contributed by atoms with Gasteiger partial charge in [-0.1, -0.05) is 18.2 Å². The fourth-order valence-electron chi connectivity index (χ4n) is 2.99. The number of fused-ring (bicyclic) bond motifs is 1. The van der Waals surface area contributed by atoms with Crippen LogP contribution >= 0.6 is 11.3 Å². The van der Waals surface area contributed by atoms with Crippen LogP contribution in [-0.2, 0) is 19.3 Å². The highest BCUT2D eigenvalue weighted by molar-refractivity contribution is 7.11. The van der Waals surface area contributed by atoms with E-state index < -0.39 is 0 Å². The lowest BCUT2D eigenvalue weighted by Crippen LogP contribution is -2.13. The molecule has 0 amide bonds. The maximum atomic E-state index is 6.36. The molecule has 1 aromatic heterocycles. The molecule has 0 bridgehead atoms. The summed E-state index contributed by atoms with van der Waals surface area (Å²) in [7, 11) is 0. The summed E-state index contributed by atoms with van der Waals surface area (Å²) < 4.78 is 0. The van der Waals surface area contributed by atoms with Crippen LogP contribution < -0.4 is 5.73 Å². The summed E-state index contributed by atoms with van der Waals surface area (Å²) in [6, 6.07) is 6.96. The first kappa shape index (κ1) is 12.8. The molecule has 0 saturated heterocycles. The zero-order valence-electron chi connectivity index (χ0n) is 11.6. The van der Waals surface area contributed by atoms with Gasteiger partial charge in [-0.05, 0) is 56.2 Å². The third kappa shape index (κ3) is 2.58. The highest BCUT2D eigenvalue weighted by atomic mass is 32.1. The van der Waals surface area contributed by atoms with Gasteiger partial charge in [0.1, 0.15) is 0 Å². The first-order chi connectivity index (χ1) is 9.13. The summed E-state index contributed by atoms with van der Waals surface area (Å²) in [5.74, 6) is 0. The minimum atomic E-state index is 0.0747. The molecule has 1 aliphatic carbocycles. The molecule has 2 N–H and O–H groups in total. The van der Waals surface area contributed by atoms with Crippen molar-refractivity contribution in [2.75, 3.05) is 0 Å². The predicted octanol–water partition coefficient (Wildman–Crippen LogP) is 3.49. The lowest BCUT2D eigenvalue weighted by Gasteiger charge is -2.11. The third-order valence-electron chi connectivity index (χ3n) is 3.89. The molecule has 0 radical (unpaired) electrons. The zero-order valence-corrected chi connectivity index (χ0v) is 12.4. The van der Waals surface area contributed by atoms with Crippen molar-refractivity contribution >= 4 is 11.3 Å².